The molecule has 0 spiro atoms. The molecule has 214 valence electrons. The van der Waals surface area contributed by atoms with Crippen molar-refractivity contribution in [3.8, 4) is 0 Å². The van der Waals surface area contributed by atoms with Gasteiger partial charge in [-0.3, -0.25) is 9.88 Å². The Balaban J connectivity index is 1.56. The van der Waals surface area contributed by atoms with E-state index in [1.54, 1.807) is 6.20 Å². The first-order chi connectivity index (χ1) is 20.5. The molecular weight excluding hydrogens is 512 g/mol. The van der Waals surface area contributed by atoms with Crippen LogP contribution in [0.25, 0.3) is 0 Å². The molecule has 5 rings (SSSR count). The largest absolute Gasteiger partial charge is 0.311 e. The highest BCUT2D eigenvalue weighted by Gasteiger charge is 2.23. The molecule has 2 aromatic heterocycles. The molecule has 42 heavy (non-hydrogen) atoms. The van der Waals surface area contributed by atoms with Crippen LogP contribution in [-0.4, -0.2) is 9.97 Å². The van der Waals surface area contributed by atoms with Crippen LogP contribution in [0.3, 0.4) is 0 Å². The summed E-state index contributed by atoms with van der Waals surface area (Å²) in [5.74, 6) is 1.39. The first kappa shape index (κ1) is 29.1. The van der Waals surface area contributed by atoms with E-state index in [-0.39, 0.29) is 5.41 Å². The average Bonchev–Trinajstić information content (AvgIpc) is 3.06. The van der Waals surface area contributed by atoms with Crippen LogP contribution in [0.1, 0.15) is 70.9 Å². The summed E-state index contributed by atoms with van der Waals surface area (Å²) in [5.41, 5.74) is 8.32. The topological polar surface area (TPSA) is 32.3 Å². The summed E-state index contributed by atoms with van der Waals surface area (Å²) in [6, 6.07) is 36.9. The fourth-order valence-electron chi connectivity index (χ4n) is 5.44. The Morgan fingerprint density at radius 2 is 1.19 bits per heavy atom. The van der Waals surface area contributed by atoms with E-state index in [1.807, 2.05) is 36.7 Å². The summed E-state index contributed by atoms with van der Waals surface area (Å²) in [7, 11) is 0. The van der Waals surface area contributed by atoms with Gasteiger partial charge in [0.1, 0.15) is 5.82 Å². The van der Waals surface area contributed by atoms with Crippen LogP contribution in [-0.2, 0) is 5.41 Å². The van der Waals surface area contributed by atoms with Gasteiger partial charge in [-0.25, -0.2) is 4.98 Å². The fourth-order valence-corrected chi connectivity index (χ4v) is 5.44. The number of nitrogens with zero attached hydrogens (tertiary/aromatic N) is 4. The maximum atomic E-state index is 4.64. The zero-order chi connectivity index (χ0) is 29.5. The Labute approximate surface area is 251 Å². The van der Waals surface area contributed by atoms with Crippen LogP contribution in [0.5, 0.6) is 0 Å². The lowest BCUT2D eigenvalue weighted by Gasteiger charge is -2.30. The molecule has 0 aliphatic rings. The van der Waals surface area contributed by atoms with Gasteiger partial charge < -0.3 is 4.90 Å². The van der Waals surface area contributed by atoms with Gasteiger partial charge in [0.15, 0.2) is 0 Å². The van der Waals surface area contributed by atoms with Crippen LogP contribution in [0.2, 0.25) is 0 Å². The predicted octanol–water partition coefficient (Wildman–Crippen LogP) is 11.0. The number of pyridine rings is 2. The third kappa shape index (κ3) is 6.08. The third-order valence-electron chi connectivity index (χ3n) is 8.86. The van der Waals surface area contributed by atoms with E-state index in [0.717, 1.165) is 53.5 Å². The lowest BCUT2D eigenvalue weighted by Crippen LogP contribution is -2.19. The molecule has 4 heteroatoms. The van der Waals surface area contributed by atoms with Crippen LogP contribution >= 0.6 is 0 Å². The van der Waals surface area contributed by atoms with E-state index in [2.05, 4.69) is 133 Å². The number of hydrogen-bond acceptors (Lipinski definition) is 4. The molecule has 1 unspecified atom stereocenters. The number of benzene rings is 3. The van der Waals surface area contributed by atoms with Crippen molar-refractivity contribution in [2.75, 3.05) is 9.80 Å². The van der Waals surface area contributed by atoms with Crippen LogP contribution < -0.4 is 9.80 Å². The third-order valence-corrected chi connectivity index (χ3v) is 8.86. The smallest absolute Gasteiger partial charge is 0.137 e. The monoisotopic (exact) mass is 554 g/mol. The second-order valence-corrected chi connectivity index (χ2v) is 11.3. The molecule has 0 saturated carbocycles. The Hall–Kier alpha value is -4.44. The maximum Gasteiger partial charge on any atom is 0.137 e. The quantitative estimate of drug-likeness (QED) is 0.162. The van der Waals surface area contributed by atoms with Gasteiger partial charge in [0, 0.05) is 35.1 Å². The van der Waals surface area contributed by atoms with Gasteiger partial charge in [0.05, 0.1) is 11.9 Å². The second-order valence-electron chi connectivity index (χ2n) is 11.3. The average molecular weight is 555 g/mol. The van der Waals surface area contributed by atoms with Gasteiger partial charge in [-0.15, -0.1) is 0 Å². The van der Waals surface area contributed by atoms with Crippen molar-refractivity contribution >= 4 is 34.3 Å². The van der Waals surface area contributed by atoms with Gasteiger partial charge in [-0.1, -0.05) is 65.0 Å². The molecule has 0 fully saturated rings. The van der Waals surface area contributed by atoms with Crippen LogP contribution in [0.15, 0.2) is 122 Å². The lowest BCUT2D eigenvalue weighted by atomic mass is 9.78. The molecule has 3 aromatic carbocycles. The van der Waals surface area contributed by atoms with Gasteiger partial charge in [0.25, 0.3) is 0 Å². The summed E-state index contributed by atoms with van der Waals surface area (Å²) < 4.78 is 0. The Morgan fingerprint density at radius 3 is 1.69 bits per heavy atom. The Kier molecular flexibility index (Phi) is 9.02. The molecule has 2 heterocycles. The molecule has 0 aliphatic heterocycles. The molecular formula is C38H42N4. The van der Waals surface area contributed by atoms with Crippen LogP contribution in [0, 0.1) is 0 Å². The van der Waals surface area contributed by atoms with E-state index < -0.39 is 0 Å². The fraction of sp³-hybridized carbons (Fsp3) is 0.263. The first-order valence-electron chi connectivity index (χ1n) is 15.2. The molecule has 0 aliphatic carbocycles. The van der Waals surface area contributed by atoms with Gasteiger partial charge in [0.2, 0.25) is 0 Å². The van der Waals surface area contributed by atoms with E-state index in [0.29, 0.717) is 5.92 Å². The van der Waals surface area contributed by atoms with E-state index in [9.17, 15) is 0 Å². The van der Waals surface area contributed by atoms with Crippen molar-refractivity contribution in [2.24, 2.45) is 0 Å². The van der Waals surface area contributed by atoms with E-state index in [1.165, 1.54) is 11.1 Å². The summed E-state index contributed by atoms with van der Waals surface area (Å²) in [6.07, 6.45) is 8.86. The number of anilines is 6. The summed E-state index contributed by atoms with van der Waals surface area (Å²) >= 11 is 0. The second kappa shape index (κ2) is 13.0. The zero-order valence-corrected chi connectivity index (χ0v) is 25.5. The minimum absolute atomic E-state index is 0.185. The predicted molar refractivity (Wildman–Crippen MR) is 178 cm³/mol. The molecule has 1 atom stereocenters. The first-order valence-corrected chi connectivity index (χ1v) is 15.2. The van der Waals surface area contributed by atoms with Gasteiger partial charge >= 0.3 is 0 Å². The Bertz CT molecular complexity index is 1490. The summed E-state index contributed by atoms with van der Waals surface area (Å²) in [5, 5.41) is 0. The standard InChI is InChI=1S/C38H42N4/c1-6-29(4)30-14-18-32(19-15-30)41(33-20-16-31(17-21-33)38(5,7-2)8-3)34-22-24-35(25-23-34)42(36-12-11-26-39-28-36)37-13-9-10-27-40-37/h9-29H,6-8H2,1-5H3. The summed E-state index contributed by atoms with van der Waals surface area (Å²) in [6.45, 7) is 11.5. The number of hydrogen-bond donors (Lipinski definition) is 0. The number of rotatable bonds is 11. The molecule has 0 N–H and O–H groups in total. The molecule has 0 amide bonds. The lowest BCUT2D eigenvalue weighted by molar-refractivity contribution is 0.439. The molecule has 0 bridgehead atoms. The zero-order valence-electron chi connectivity index (χ0n) is 25.5. The van der Waals surface area contributed by atoms with Gasteiger partial charge in [-0.2, -0.15) is 0 Å². The highest BCUT2D eigenvalue weighted by Crippen LogP contribution is 2.40. The van der Waals surface area contributed by atoms with Crippen molar-refractivity contribution in [1.82, 2.24) is 9.97 Å². The minimum Gasteiger partial charge on any atom is -0.311 e. The van der Waals surface area contributed by atoms with E-state index >= 15 is 0 Å². The normalized spacial score (nSPS) is 12.1. The maximum absolute atomic E-state index is 4.64. The van der Waals surface area contributed by atoms with Crippen molar-refractivity contribution in [3.63, 3.8) is 0 Å². The molecule has 0 radical (unpaired) electrons. The number of aromatic nitrogens is 2. The highest BCUT2D eigenvalue weighted by atomic mass is 15.2. The van der Waals surface area contributed by atoms with Crippen molar-refractivity contribution in [2.45, 2.75) is 65.2 Å². The SMILES string of the molecule is CCC(C)c1ccc(N(c2ccc(N(c3cccnc3)c3ccccn3)cc2)c2ccc(C(C)(CC)CC)cc2)cc1. The van der Waals surface area contributed by atoms with Crippen molar-refractivity contribution in [3.05, 3.63) is 133 Å². The van der Waals surface area contributed by atoms with Crippen molar-refractivity contribution < 1.29 is 0 Å². The summed E-state index contributed by atoms with van der Waals surface area (Å²) in [4.78, 5) is 13.5. The van der Waals surface area contributed by atoms with Gasteiger partial charge in [-0.05, 0) is 115 Å². The highest BCUT2D eigenvalue weighted by molar-refractivity contribution is 5.80. The molecule has 4 nitrogen and oxygen atoms in total. The minimum atomic E-state index is 0.185. The van der Waals surface area contributed by atoms with Crippen LogP contribution in [0.4, 0.5) is 34.3 Å². The van der Waals surface area contributed by atoms with E-state index in [4.69, 9.17) is 0 Å². The molecule has 0 saturated heterocycles. The Morgan fingerprint density at radius 1 is 0.619 bits per heavy atom. The molecule has 5 aromatic rings. The van der Waals surface area contributed by atoms with Crippen molar-refractivity contribution in [1.29, 1.82) is 0 Å².